The zero-order valence-electron chi connectivity index (χ0n) is 27.1. The molecule has 238 valence electrons. The Morgan fingerprint density at radius 2 is 1.12 bits per heavy atom. The van der Waals surface area contributed by atoms with E-state index in [1.165, 1.54) is 102 Å². The summed E-state index contributed by atoms with van der Waals surface area (Å²) in [6, 6.07) is 45.7. The van der Waals surface area contributed by atoms with Crippen molar-refractivity contribution in [3.63, 3.8) is 0 Å². The molecule has 4 saturated carbocycles. The third kappa shape index (κ3) is 4.21. The van der Waals surface area contributed by atoms with Gasteiger partial charge in [0.05, 0.1) is 0 Å². The molecule has 6 aromatic carbocycles. The topological polar surface area (TPSA) is 0 Å². The first-order valence-electron chi connectivity index (χ1n) is 17.8. The van der Waals surface area contributed by atoms with Crippen molar-refractivity contribution in [1.29, 1.82) is 0 Å². The van der Waals surface area contributed by atoms with Crippen LogP contribution < -0.4 is 0 Å². The molecule has 0 aliphatic heterocycles. The number of halogens is 2. The van der Waals surface area contributed by atoms with Crippen LogP contribution in [0.3, 0.4) is 0 Å². The van der Waals surface area contributed by atoms with Crippen molar-refractivity contribution < 1.29 is 0 Å². The van der Waals surface area contributed by atoms with Gasteiger partial charge in [-0.2, -0.15) is 0 Å². The van der Waals surface area contributed by atoms with E-state index in [-0.39, 0.29) is 5.41 Å². The Kier molecular flexibility index (Phi) is 6.32. The molecule has 0 amide bonds. The second-order valence-corrected chi connectivity index (χ2v) is 17.6. The minimum absolute atomic E-state index is 0.0567. The summed E-state index contributed by atoms with van der Waals surface area (Å²) in [5, 5.41) is 3.60. The molecule has 3 heteroatoms. The minimum atomic E-state index is 0.0567. The lowest BCUT2D eigenvalue weighted by atomic mass is 9.43. The van der Waals surface area contributed by atoms with Crippen molar-refractivity contribution in [2.45, 2.75) is 37.5 Å². The van der Waals surface area contributed by atoms with E-state index < -0.39 is 0 Å². The number of fused-ring (bicyclic) bond motifs is 6. The van der Waals surface area contributed by atoms with Crippen molar-refractivity contribution in [2.24, 2.45) is 23.7 Å². The molecule has 0 unspecified atom stereocenters. The van der Waals surface area contributed by atoms with Crippen LogP contribution in [0.5, 0.6) is 0 Å². The number of benzene rings is 6. The molecule has 1 heterocycles. The maximum Gasteiger partial charge on any atom is 0.0493 e. The molecular formula is C46H34BrClS. The van der Waals surface area contributed by atoms with Crippen LogP contribution in [0.1, 0.15) is 43.2 Å². The lowest BCUT2D eigenvalue weighted by Crippen LogP contribution is -2.55. The van der Waals surface area contributed by atoms with Crippen LogP contribution in [0, 0.1) is 23.7 Å². The van der Waals surface area contributed by atoms with Crippen LogP contribution >= 0.6 is 38.9 Å². The van der Waals surface area contributed by atoms with Crippen molar-refractivity contribution >= 4 is 59.0 Å². The largest absolute Gasteiger partial charge is 0.135 e. The number of rotatable bonds is 3. The highest BCUT2D eigenvalue weighted by Gasteiger charge is 2.61. The molecule has 1 spiro atoms. The second kappa shape index (κ2) is 10.7. The first-order chi connectivity index (χ1) is 24.0. The number of hydrogen-bond donors (Lipinski definition) is 0. The van der Waals surface area contributed by atoms with Crippen molar-refractivity contribution in [1.82, 2.24) is 0 Å². The summed E-state index contributed by atoms with van der Waals surface area (Å²) in [6.07, 6.45) is 6.89. The molecule has 7 aromatic rings. The third-order valence-electron chi connectivity index (χ3n) is 12.8. The van der Waals surface area contributed by atoms with Gasteiger partial charge in [-0.05, 0) is 154 Å². The summed E-state index contributed by atoms with van der Waals surface area (Å²) in [4.78, 5) is 0. The van der Waals surface area contributed by atoms with Gasteiger partial charge in [0.2, 0.25) is 0 Å². The molecule has 4 fully saturated rings. The maximum absolute atomic E-state index is 7.52. The van der Waals surface area contributed by atoms with Crippen LogP contribution in [0.15, 0.2) is 126 Å². The van der Waals surface area contributed by atoms with E-state index in [9.17, 15) is 0 Å². The number of hydrogen-bond acceptors (Lipinski definition) is 1. The standard InChI is InChI=1S/C46H34BrClS/c47-36-13-9-29(10-14-36)28-5-7-30(8-6-28)33-24-41-45(42(48)25-33)39-23-31(32-12-16-44-38(22-32)37-3-1-2-4-43(37)49-44)11-15-40(39)46(41)34-18-26-17-27(20-34)21-35(46)19-26/h1-16,22-27,34-35H,17-21H2. The Morgan fingerprint density at radius 1 is 0.531 bits per heavy atom. The molecule has 5 aliphatic rings. The Balaban J connectivity index is 1.07. The normalized spacial score (nSPS) is 24.6. The smallest absolute Gasteiger partial charge is 0.0493 e. The van der Waals surface area contributed by atoms with Crippen LogP contribution in [-0.2, 0) is 5.41 Å². The van der Waals surface area contributed by atoms with Gasteiger partial charge in [0.15, 0.2) is 0 Å². The second-order valence-electron chi connectivity index (χ2n) is 15.2. The Morgan fingerprint density at radius 3 is 1.86 bits per heavy atom. The van der Waals surface area contributed by atoms with E-state index in [1.807, 2.05) is 11.3 Å². The SMILES string of the molecule is Clc1cc(-c2ccc(-c3ccc(Br)cc3)cc2)cc2c1-c1cc(-c3ccc4sc5ccccc5c4c3)ccc1C21C2CC3CC(C2)CC1C3. The van der Waals surface area contributed by atoms with Crippen LogP contribution in [0.4, 0.5) is 0 Å². The van der Waals surface area contributed by atoms with Gasteiger partial charge < -0.3 is 0 Å². The van der Waals surface area contributed by atoms with Gasteiger partial charge in [-0.1, -0.05) is 100 Å². The molecule has 0 atom stereocenters. The van der Waals surface area contributed by atoms with Gasteiger partial charge in [0.25, 0.3) is 0 Å². The molecule has 0 saturated heterocycles. The molecule has 1 aromatic heterocycles. The third-order valence-corrected chi connectivity index (χ3v) is 14.8. The molecule has 12 rings (SSSR count). The molecule has 0 nitrogen and oxygen atoms in total. The van der Waals surface area contributed by atoms with Gasteiger partial charge in [0.1, 0.15) is 0 Å². The van der Waals surface area contributed by atoms with Gasteiger partial charge >= 0.3 is 0 Å². The van der Waals surface area contributed by atoms with Gasteiger partial charge in [-0.25, -0.2) is 0 Å². The van der Waals surface area contributed by atoms with E-state index in [0.29, 0.717) is 11.8 Å². The average Bonchev–Trinajstić information content (AvgIpc) is 3.64. The van der Waals surface area contributed by atoms with Crippen LogP contribution in [0.2, 0.25) is 5.02 Å². The minimum Gasteiger partial charge on any atom is -0.135 e. The van der Waals surface area contributed by atoms with E-state index in [2.05, 4.69) is 137 Å². The van der Waals surface area contributed by atoms with Crippen molar-refractivity contribution in [2.75, 3.05) is 0 Å². The predicted octanol–water partition coefficient (Wildman–Crippen LogP) is 14.2. The van der Waals surface area contributed by atoms with E-state index in [4.69, 9.17) is 11.6 Å². The Bertz CT molecular complexity index is 2440. The lowest BCUT2D eigenvalue weighted by molar-refractivity contribution is -0.0399. The fourth-order valence-electron chi connectivity index (χ4n) is 11.0. The molecule has 49 heavy (non-hydrogen) atoms. The first-order valence-corrected chi connectivity index (χ1v) is 19.8. The van der Waals surface area contributed by atoms with E-state index in [1.54, 1.807) is 5.56 Å². The van der Waals surface area contributed by atoms with Crippen molar-refractivity contribution in [3.8, 4) is 44.5 Å². The molecule has 5 aliphatic carbocycles. The highest BCUT2D eigenvalue weighted by molar-refractivity contribution is 9.10. The molecule has 0 radical (unpaired) electrons. The van der Waals surface area contributed by atoms with Crippen LogP contribution in [0.25, 0.3) is 64.7 Å². The zero-order chi connectivity index (χ0) is 32.4. The van der Waals surface area contributed by atoms with Gasteiger partial charge in [-0.15, -0.1) is 11.3 Å². The van der Waals surface area contributed by atoms with Crippen molar-refractivity contribution in [3.05, 3.63) is 142 Å². The number of thiophene rings is 1. The molecular weight excluding hydrogens is 700 g/mol. The Labute approximate surface area is 304 Å². The van der Waals surface area contributed by atoms with Crippen LogP contribution in [-0.4, -0.2) is 0 Å². The summed E-state index contributed by atoms with van der Waals surface area (Å²) < 4.78 is 3.81. The van der Waals surface area contributed by atoms with E-state index in [0.717, 1.165) is 21.3 Å². The summed E-state index contributed by atoms with van der Waals surface area (Å²) in [6.45, 7) is 0. The van der Waals surface area contributed by atoms with Gasteiger partial charge in [-0.3, -0.25) is 0 Å². The average molecular weight is 734 g/mol. The lowest BCUT2D eigenvalue weighted by Gasteiger charge is -2.61. The van der Waals surface area contributed by atoms with E-state index >= 15 is 0 Å². The van der Waals surface area contributed by atoms with Gasteiger partial charge in [0, 0.05) is 40.6 Å². The fourth-order valence-corrected chi connectivity index (χ4v) is 12.7. The summed E-state index contributed by atoms with van der Waals surface area (Å²) in [7, 11) is 0. The maximum atomic E-state index is 7.52. The summed E-state index contributed by atoms with van der Waals surface area (Å²) in [5.74, 6) is 3.18. The molecule has 0 N–H and O–H groups in total. The Hall–Kier alpha value is -3.69. The summed E-state index contributed by atoms with van der Waals surface area (Å²) in [5.41, 5.74) is 13.3. The summed E-state index contributed by atoms with van der Waals surface area (Å²) >= 11 is 13.0. The molecule has 4 bridgehead atoms. The monoisotopic (exact) mass is 732 g/mol. The zero-order valence-corrected chi connectivity index (χ0v) is 30.2. The fraction of sp³-hybridized carbons (Fsp3) is 0.217. The quantitative estimate of drug-likeness (QED) is 0.170. The highest BCUT2D eigenvalue weighted by atomic mass is 79.9. The first kappa shape index (κ1) is 29.1. The predicted molar refractivity (Wildman–Crippen MR) is 212 cm³/mol. The highest BCUT2D eigenvalue weighted by Crippen LogP contribution is 2.70.